The van der Waals surface area contributed by atoms with Crippen LogP contribution in [-0.2, 0) is 0 Å². The van der Waals surface area contributed by atoms with Gasteiger partial charge in [0.25, 0.3) is 0 Å². The van der Waals surface area contributed by atoms with Crippen molar-refractivity contribution in [3.63, 3.8) is 0 Å². The Morgan fingerprint density at radius 3 is 2.85 bits per heavy atom. The Hall–Kier alpha value is -2.96. The highest BCUT2D eigenvalue weighted by Crippen LogP contribution is 2.29. The van der Waals surface area contributed by atoms with E-state index in [9.17, 15) is 4.79 Å². The van der Waals surface area contributed by atoms with Crippen LogP contribution in [0.1, 0.15) is 10.6 Å². The molecule has 7 nitrogen and oxygen atoms in total. The summed E-state index contributed by atoms with van der Waals surface area (Å²) in [6.45, 7) is 0. The molecule has 0 unspecified atom stereocenters. The number of aldehydes is 1. The number of ether oxygens (including phenoxy) is 1. The second-order valence-electron chi connectivity index (χ2n) is 3.96. The van der Waals surface area contributed by atoms with E-state index in [4.69, 9.17) is 9.15 Å². The lowest BCUT2D eigenvalue weighted by Crippen LogP contribution is -1.99. The monoisotopic (exact) mass is 270 g/mol. The number of benzene rings is 1. The fourth-order valence-electron chi connectivity index (χ4n) is 1.86. The number of aromatic nitrogens is 4. The van der Waals surface area contributed by atoms with Gasteiger partial charge in [0.2, 0.25) is 0 Å². The topological polar surface area (TPSA) is 83.0 Å². The number of tetrazole rings is 1. The minimum absolute atomic E-state index is 0.281. The molecule has 7 heteroatoms. The van der Waals surface area contributed by atoms with E-state index in [-0.39, 0.29) is 5.76 Å². The standard InChI is InChI=1S/C13H10N4O3/c1-19-13-6-9(12-5-3-10(7-18)20-12)2-4-11(13)17-8-14-15-16-17/h2-8H,1H3. The molecule has 3 aromatic rings. The second kappa shape index (κ2) is 4.96. The fourth-order valence-corrected chi connectivity index (χ4v) is 1.86. The maximum Gasteiger partial charge on any atom is 0.185 e. The Morgan fingerprint density at radius 1 is 1.30 bits per heavy atom. The Labute approximate surface area is 113 Å². The first kappa shape index (κ1) is 12.1. The van der Waals surface area contributed by atoms with Crippen LogP contribution in [0, 0.1) is 0 Å². The molecule has 1 aromatic carbocycles. The highest BCUT2D eigenvalue weighted by Gasteiger charge is 2.11. The third kappa shape index (κ3) is 2.05. The number of hydrogen-bond donors (Lipinski definition) is 0. The summed E-state index contributed by atoms with van der Waals surface area (Å²) < 4.78 is 12.2. The zero-order chi connectivity index (χ0) is 13.9. The molecule has 0 saturated carbocycles. The van der Waals surface area contributed by atoms with Crippen LogP contribution >= 0.6 is 0 Å². The minimum atomic E-state index is 0.281. The van der Waals surface area contributed by atoms with Gasteiger partial charge in [-0.3, -0.25) is 4.79 Å². The van der Waals surface area contributed by atoms with Crippen molar-refractivity contribution in [1.29, 1.82) is 0 Å². The van der Waals surface area contributed by atoms with Crippen LogP contribution in [-0.4, -0.2) is 33.6 Å². The summed E-state index contributed by atoms with van der Waals surface area (Å²) in [5, 5.41) is 11.0. The molecular weight excluding hydrogens is 260 g/mol. The predicted octanol–water partition coefficient (Wildman–Crippen LogP) is 1.74. The van der Waals surface area contributed by atoms with E-state index in [1.807, 2.05) is 12.1 Å². The molecule has 3 rings (SSSR count). The number of carbonyl (C=O) groups excluding carboxylic acids is 1. The SMILES string of the molecule is COc1cc(-c2ccc(C=O)o2)ccc1-n1cnnn1. The molecular formula is C13H10N4O3. The molecule has 2 heterocycles. The first-order chi connectivity index (χ1) is 9.81. The summed E-state index contributed by atoms with van der Waals surface area (Å²) >= 11 is 0. The normalized spacial score (nSPS) is 10.4. The summed E-state index contributed by atoms with van der Waals surface area (Å²) in [6.07, 6.45) is 2.14. The van der Waals surface area contributed by atoms with Crippen LogP contribution in [0.2, 0.25) is 0 Å². The molecule has 100 valence electrons. The van der Waals surface area contributed by atoms with E-state index in [1.165, 1.54) is 11.0 Å². The van der Waals surface area contributed by atoms with Crippen molar-refractivity contribution < 1.29 is 13.9 Å². The second-order valence-corrected chi connectivity index (χ2v) is 3.96. The molecule has 0 amide bonds. The van der Waals surface area contributed by atoms with Crippen molar-refractivity contribution in [2.75, 3.05) is 7.11 Å². The van der Waals surface area contributed by atoms with Crippen molar-refractivity contribution >= 4 is 6.29 Å². The van der Waals surface area contributed by atoms with Gasteiger partial charge in [0.05, 0.1) is 7.11 Å². The Morgan fingerprint density at radius 2 is 2.20 bits per heavy atom. The lowest BCUT2D eigenvalue weighted by molar-refractivity contribution is 0.110. The van der Waals surface area contributed by atoms with E-state index < -0.39 is 0 Å². The van der Waals surface area contributed by atoms with Crippen LogP contribution in [0.3, 0.4) is 0 Å². The Balaban J connectivity index is 2.05. The largest absolute Gasteiger partial charge is 0.494 e. The average Bonchev–Trinajstić information content (AvgIpc) is 3.17. The summed E-state index contributed by atoms with van der Waals surface area (Å²) in [5.41, 5.74) is 1.51. The van der Waals surface area contributed by atoms with Crippen molar-refractivity contribution in [2.24, 2.45) is 0 Å². The minimum Gasteiger partial charge on any atom is -0.494 e. The van der Waals surface area contributed by atoms with Gasteiger partial charge in [0.15, 0.2) is 12.0 Å². The van der Waals surface area contributed by atoms with Gasteiger partial charge in [0, 0.05) is 5.56 Å². The number of hydrogen-bond acceptors (Lipinski definition) is 6. The van der Waals surface area contributed by atoms with E-state index in [0.29, 0.717) is 23.5 Å². The van der Waals surface area contributed by atoms with Crippen LogP contribution in [0.4, 0.5) is 0 Å². The number of methoxy groups -OCH3 is 1. The predicted molar refractivity (Wildman–Crippen MR) is 68.8 cm³/mol. The van der Waals surface area contributed by atoms with Crippen molar-refractivity contribution in [1.82, 2.24) is 20.2 Å². The molecule has 20 heavy (non-hydrogen) atoms. The zero-order valence-corrected chi connectivity index (χ0v) is 10.6. The molecule has 2 aromatic heterocycles. The molecule has 0 saturated heterocycles. The van der Waals surface area contributed by atoms with Crippen LogP contribution in [0.25, 0.3) is 17.0 Å². The van der Waals surface area contributed by atoms with E-state index in [1.54, 1.807) is 25.3 Å². The first-order valence-corrected chi connectivity index (χ1v) is 5.78. The van der Waals surface area contributed by atoms with Crippen molar-refractivity contribution in [3.8, 4) is 22.8 Å². The number of carbonyl (C=O) groups is 1. The maximum atomic E-state index is 10.6. The average molecular weight is 270 g/mol. The van der Waals surface area contributed by atoms with E-state index >= 15 is 0 Å². The van der Waals surface area contributed by atoms with Crippen molar-refractivity contribution in [2.45, 2.75) is 0 Å². The Kier molecular flexibility index (Phi) is 3.00. The number of furan rings is 1. The highest BCUT2D eigenvalue weighted by molar-refractivity contribution is 5.73. The summed E-state index contributed by atoms with van der Waals surface area (Å²) in [6, 6.07) is 8.80. The van der Waals surface area contributed by atoms with Gasteiger partial charge in [-0.05, 0) is 40.8 Å². The van der Waals surface area contributed by atoms with E-state index in [2.05, 4.69) is 15.5 Å². The highest BCUT2D eigenvalue weighted by atomic mass is 16.5. The molecule has 0 bridgehead atoms. The van der Waals surface area contributed by atoms with Gasteiger partial charge in [0.1, 0.15) is 23.5 Å². The number of nitrogens with zero attached hydrogens (tertiary/aromatic N) is 4. The van der Waals surface area contributed by atoms with Crippen LogP contribution < -0.4 is 4.74 Å². The molecule has 0 spiro atoms. The van der Waals surface area contributed by atoms with Crippen LogP contribution in [0.15, 0.2) is 41.1 Å². The molecule has 0 atom stereocenters. The zero-order valence-electron chi connectivity index (χ0n) is 10.6. The van der Waals surface area contributed by atoms with Gasteiger partial charge >= 0.3 is 0 Å². The lowest BCUT2D eigenvalue weighted by Gasteiger charge is -2.08. The molecule has 0 N–H and O–H groups in total. The maximum absolute atomic E-state index is 10.6. The Bertz CT molecular complexity index is 734. The molecule has 0 aliphatic heterocycles. The van der Waals surface area contributed by atoms with Gasteiger partial charge < -0.3 is 9.15 Å². The molecule has 0 fully saturated rings. The third-order valence-corrected chi connectivity index (χ3v) is 2.80. The molecule has 0 aliphatic rings. The van der Waals surface area contributed by atoms with Gasteiger partial charge in [-0.25, -0.2) is 0 Å². The molecule has 0 radical (unpaired) electrons. The first-order valence-electron chi connectivity index (χ1n) is 5.78. The van der Waals surface area contributed by atoms with Gasteiger partial charge in [-0.1, -0.05) is 0 Å². The van der Waals surface area contributed by atoms with Crippen molar-refractivity contribution in [3.05, 3.63) is 42.4 Å². The summed E-state index contributed by atoms with van der Waals surface area (Å²) in [5.74, 6) is 1.47. The fraction of sp³-hybridized carbons (Fsp3) is 0.0769. The number of rotatable bonds is 4. The van der Waals surface area contributed by atoms with Gasteiger partial charge in [-0.2, -0.15) is 4.68 Å². The lowest BCUT2D eigenvalue weighted by atomic mass is 10.1. The quantitative estimate of drug-likeness (QED) is 0.671. The summed E-state index contributed by atoms with van der Waals surface area (Å²) in [7, 11) is 1.56. The summed E-state index contributed by atoms with van der Waals surface area (Å²) in [4.78, 5) is 10.6. The van der Waals surface area contributed by atoms with Crippen LogP contribution in [0.5, 0.6) is 5.75 Å². The smallest absolute Gasteiger partial charge is 0.185 e. The third-order valence-electron chi connectivity index (χ3n) is 2.80. The van der Waals surface area contributed by atoms with E-state index in [0.717, 1.165) is 5.56 Å². The van der Waals surface area contributed by atoms with Gasteiger partial charge in [-0.15, -0.1) is 5.10 Å². The molecule has 0 aliphatic carbocycles.